The number of hydrogen-bond donors (Lipinski definition) is 2. The molecule has 1 aliphatic carbocycles. The van der Waals surface area contributed by atoms with Gasteiger partial charge in [0.2, 0.25) is 5.91 Å². The fourth-order valence-corrected chi connectivity index (χ4v) is 2.07. The van der Waals surface area contributed by atoms with Gasteiger partial charge in [0, 0.05) is 32.7 Å². The van der Waals surface area contributed by atoms with Crippen LogP contribution in [-0.4, -0.2) is 32.7 Å². The molecule has 0 saturated heterocycles. The van der Waals surface area contributed by atoms with Crippen molar-refractivity contribution in [3.63, 3.8) is 0 Å². The molecule has 0 aliphatic heterocycles. The molecule has 1 fully saturated rings. The van der Waals surface area contributed by atoms with Crippen molar-refractivity contribution in [3.8, 4) is 0 Å². The number of halogens is 1. The van der Waals surface area contributed by atoms with E-state index in [-0.39, 0.29) is 24.2 Å². The van der Waals surface area contributed by atoms with E-state index < -0.39 is 0 Å². The highest BCUT2D eigenvalue weighted by molar-refractivity contribution is 5.85. The first kappa shape index (κ1) is 16.7. The maximum Gasteiger partial charge on any atom is 0.224 e. The first-order valence-corrected chi connectivity index (χ1v) is 6.10. The fraction of sp³-hybridized carbons (Fsp3) is 0.917. The molecule has 1 unspecified atom stereocenters. The van der Waals surface area contributed by atoms with Gasteiger partial charge in [0.1, 0.15) is 0 Å². The number of carbonyl (C=O) groups is 1. The van der Waals surface area contributed by atoms with Crippen LogP contribution in [0.4, 0.5) is 0 Å². The minimum absolute atomic E-state index is 0. The van der Waals surface area contributed by atoms with Gasteiger partial charge in [-0.3, -0.25) is 4.79 Å². The number of rotatable bonds is 7. The Hall–Kier alpha value is -0.320. The molecule has 0 heterocycles. The first-order chi connectivity index (χ1) is 7.63. The molecular weight excluding hydrogens is 240 g/mol. The molecule has 1 rings (SSSR count). The maximum atomic E-state index is 11.6. The lowest BCUT2D eigenvalue weighted by Gasteiger charge is -2.42. The number of amides is 1. The molecule has 0 radical (unpaired) electrons. The molecule has 5 heteroatoms. The minimum atomic E-state index is -0.0837. The van der Waals surface area contributed by atoms with E-state index in [4.69, 9.17) is 10.5 Å². The van der Waals surface area contributed by atoms with E-state index in [2.05, 4.69) is 5.32 Å². The molecule has 0 aromatic heterocycles. The standard InChI is InChI=1S/C12H24N2O2.ClH/c1-10(8-13)11(15)14-9-12(4-3-5-12)6-7-16-2;/h10H,3-9,13H2,1-2H3,(H,14,15);1H. The molecule has 0 bridgehead atoms. The SMILES string of the molecule is COCCC1(CNC(=O)C(C)CN)CCC1.Cl. The maximum absolute atomic E-state index is 11.6. The summed E-state index contributed by atoms with van der Waals surface area (Å²) in [5.74, 6) is -0.00857. The van der Waals surface area contributed by atoms with Crippen LogP contribution in [0.2, 0.25) is 0 Å². The molecule has 0 aromatic rings. The van der Waals surface area contributed by atoms with E-state index in [9.17, 15) is 4.79 Å². The molecule has 17 heavy (non-hydrogen) atoms. The van der Waals surface area contributed by atoms with Crippen LogP contribution >= 0.6 is 12.4 Å². The predicted octanol–water partition coefficient (Wildman–Crippen LogP) is 1.33. The highest BCUT2D eigenvalue weighted by atomic mass is 35.5. The van der Waals surface area contributed by atoms with Crippen molar-refractivity contribution in [1.29, 1.82) is 0 Å². The van der Waals surface area contributed by atoms with Crippen LogP contribution in [0.5, 0.6) is 0 Å². The summed E-state index contributed by atoms with van der Waals surface area (Å²) >= 11 is 0. The van der Waals surface area contributed by atoms with Crippen LogP contribution in [-0.2, 0) is 9.53 Å². The van der Waals surface area contributed by atoms with Crippen LogP contribution in [0.15, 0.2) is 0 Å². The number of ether oxygens (including phenoxy) is 1. The number of hydrogen-bond acceptors (Lipinski definition) is 3. The smallest absolute Gasteiger partial charge is 0.224 e. The van der Waals surface area contributed by atoms with Gasteiger partial charge >= 0.3 is 0 Å². The molecular formula is C12H25ClN2O2. The van der Waals surface area contributed by atoms with Crippen molar-refractivity contribution in [2.24, 2.45) is 17.1 Å². The highest BCUT2D eigenvalue weighted by Gasteiger charge is 2.36. The van der Waals surface area contributed by atoms with Crippen LogP contribution < -0.4 is 11.1 Å². The van der Waals surface area contributed by atoms with Gasteiger partial charge < -0.3 is 15.8 Å². The van der Waals surface area contributed by atoms with E-state index in [1.54, 1.807) is 7.11 Å². The van der Waals surface area contributed by atoms with Crippen molar-refractivity contribution in [1.82, 2.24) is 5.32 Å². The van der Waals surface area contributed by atoms with Crippen LogP contribution in [0, 0.1) is 11.3 Å². The van der Waals surface area contributed by atoms with E-state index in [1.165, 1.54) is 19.3 Å². The summed E-state index contributed by atoms with van der Waals surface area (Å²) in [7, 11) is 1.72. The van der Waals surface area contributed by atoms with Gasteiger partial charge in [-0.2, -0.15) is 0 Å². The molecule has 1 aliphatic rings. The summed E-state index contributed by atoms with van der Waals surface area (Å²) in [4.78, 5) is 11.6. The van der Waals surface area contributed by atoms with Gasteiger partial charge in [0.15, 0.2) is 0 Å². The Balaban J connectivity index is 0.00000256. The van der Waals surface area contributed by atoms with Crippen molar-refractivity contribution in [2.75, 3.05) is 26.8 Å². The average molecular weight is 265 g/mol. The van der Waals surface area contributed by atoms with E-state index >= 15 is 0 Å². The summed E-state index contributed by atoms with van der Waals surface area (Å²) in [6.07, 6.45) is 4.72. The first-order valence-electron chi connectivity index (χ1n) is 6.10. The summed E-state index contributed by atoms with van der Waals surface area (Å²) in [6, 6.07) is 0. The Labute approximate surface area is 110 Å². The van der Waals surface area contributed by atoms with E-state index in [0.29, 0.717) is 12.0 Å². The molecule has 1 amide bonds. The number of nitrogens with one attached hydrogen (secondary N) is 1. The third-order valence-electron chi connectivity index (χ3n) is 3.69. The Bertz CT molecular complexity index is 233. The lowest BCUT2D eigenvalue weighted by molar-refractivity contribution is -0.125. The summed E-state index contributed by atoms with van der Waals surface area (Å²) in [5.41, 5.74) is 5.75. The Morgan fingerprint density at radius 3 is 2.59 bits per heavy atom. The monoisotopic (exact) mass is 264 g/mol. The normalized spacial score (nSPS) is 18.8. The van der Waals surface area contributed by atoms with Crippen LogP contribution in [0.1, 0.15) is 32.6 Å². The molecule has 3 N–H and O–H groups in total. The second-order valence-electron chi connectivity index (χ2n) is 4.95. The zero-order valence-corrected chi connectivity index (χ0v) is 11.6. The van der Waals surface area contributed by atoms with Crippen molar-refractivity contribution < 1.29 is 9.53 Å². The molecule has 1 atom stereocenters. The molecule has 1 saturated carbocycles. The van der Waals surface area contributed by atoms with Gasteiger partial charge in [-0.25, -0.2) is 0 Å². The summed E-state index contributed by atoms with van der Waals surface area (Å²) in [6.45, 7) is 3.83. The predicted molar refractivity (Wildman–Crippen MR) is 71.3 cm³/mol. The van der Waals surface area contributed by atoms with Gasteiger partial charge in [0.25, 0.3) is 0 Å². The van der Waals surface area contributed by atoms with Gasteiger partial charge in [-0.05, 0) is 24.7 Å². The van der Waals surface area contributed by atoms with Gasteiger partial charge in [-0.1, -0.05) is 13.3 Å². The zero-order chi connectivity index (χ0) is 12.0. The fourth-order valence-electron chi connectivity index (χ4n) is 2.07. The number of carbonyl (C=O) groups excluding carboxylic acids is 1. The van der Waals surface area contributed by atoms with Crippen molar-refractivity contribution in [2.45, 2.75) is 32.6 Å². The van der Waals surface area contributed by atoms with Crippen LogP contribution in [0.3, 0.4) is 0 Å². The average Bonchev–Trinajstić information content (AvgIpc) is 2.25. The highest BCUT2D eigenvalue weighted by Crippen LogP contribution is 2.43. The molecule has 0 aromatic carbocycles. The largest absolute Gasteiger partial charge is 0.385 e. The lowest BCUT2D eigenvalue weighted by Crippen LogP contribution is -2.45. The molecule has 0 spiro atoms. The Morgan fingerprint density at radius 2 is 2.18 bits per heavy atom. The van der Waals surface area contributed by atoms with E-state index in [1.807, 2.05) is 6.92 Å². The quantitative estimate of drug-likeness (QED) is 0.729. The number of nitrogens with two attached hydrogens (primary N) is 1. The van der Waals surface area contributed by atoms with Crippen molar-refractivity contribution in [3.05, 3.63) is 0 Å². The Kier molecular flexibility index (Phi) is 7.75. The van der Waals surface area contributed by atoms with Gasteiger partial charge in [0.05, 0.1) is 0 Å². The summed E-state index contributed by atoms with van der Waals surface area (Å²) in [5, 5.41) is 3.01. The van der Waals surface area contributed by atoms with Crippen molar-refractivity contribution >= 4 is 18.3 Å². The van der Waals surface area contributed by atoms with Crippen LogP contribution in [0.25, 0.3) is 0 Å². The van der Waals surface area contributed by atoms with E-state index in [0.717, 1.165) is 19.6 Å². The number of methoxy groups -OCH3 is 1. The third-order valence-corrected chi connectivity index (χ3v) is 3.69. The second-order valence-corrected chi connectivity index (χ2v) is 4.95. The topological polar surface area (TPSA) is 64.3 Å². The summed E-state index contributed by atoms with van der Waals surface area (Å²) < 4.78 is 5.12. The lowest BCUT2D eigenvalue weighted by atomic mass is 9.66. The van der Waals surface area contributed by atoms with Gasteiger partial charge in [-0.15, -0.1) is 12.4 Å². The third kappa shape index (κ3) is 4.82. The zero-order valence-electron chi connectivity index (χ0n) is 10.8. The molecule has 102 valence electrons. The second kappa shape index (κ2) is 7.90. The minimum Gasteiger partial charge on any atom is -0.385 e. The Morgan fingerprint density at radius 1 is 1.53 bits per heavy atom. The molecule has 4 nitrogen and oxygen atoms in total.